The fraction of sp³-hybridized carbons (Fsp3) is 0.143. The molecule has 0 bridgehead atoms. The lowest BCUT2D eigenvalue weighted by molar-refractivity contribution is -0.137. The first kappa shape index (κ1) is 13.7. The van der Waals surface area contributed by atoms with Crippen LogP contribution in [0, 0.1) is 0 Å². The van der Waals surface area contributed by atoms with E-state index in [0.717, 1.165) is 18.1 Å². The molecule has 0 saturated heterocycles. The Morgan fingerprint density at radius 3 is 2.61 bits per heavy atom. The van der Waals surface area contributed by atoms with Crippen LogP contribution >= 0.6 is 0 Å². The number of pyridine rings is 1. The van der Waals surface area contributed by atoms with Gasteiger partial charge in [0.1, 0.15) is 0 Å². The van der Waals surface area contributed by atoms with Gasteiger partial charge < -0.3 is 9.72 Å². The smallest absolute Gasteiger partial charge is 0.330 e. The van der Waals surface area contributed by atoms with Crippen LogP contribution in [-0.4, -0.2) is 22.5 Å². The van der Waals surface area contributed by atoms with Crippen LogP contribution in [0.25, 0.3) is 0 Å². The largest absolute Gasteiger partial charge is 0.462 e. The molecule has 0 atom stereocenters. The summed E-state index contributed by atoms with van der Waals surface area (Å²) in [7, 11) is 0. The highest BCUT2D eigenvalue weighted by atomic mass is 16.5. The van der Waals surface area contributed by atoms with Gasteiger partial charge in [-0.15, -0.1) is 0 Å². The van der Waals surface area contributed by atoms with Crippen LogP contribution in [0.2, 0.25) is 0 Å². The zero-order chi connectivity index (χ0) is 13.1. The molecule has 0 saturated carbocycles. The van der Waals surface area contributed by atoms with Gasteiger partial charge in [0.2, 0.25) is 0 Å². The fourth-order valence-corrected chi connectivity index (χ4v) is 1.15. The molecule has 2 aromatic heterocycles. The van der Waals surface area contributed by atoms with Crippen molar-refractivity contribution in [1.82, 2.24) is 9.97 Å². The van der Waals surface area contributed by atoms with Crippen molar-refractivity contribution in [2.45, 2.75) is 6.42 Å². The van der Waals surface area contributed by atoms with E-state index in [9.17, 15) is 4.79 Å². The third-order valence-corrected chi connectivity index (χ3v) is 2.03. The molecule has 1 N–H and O–H groups in total. The molecule has 0 aliphatic carbocycles. The average molecular weight is 244 g/mol. The molecule has 4 nitrogen and oxygen atoms in total. The molecule has 2 aromatic rings. The minimum atomic E-state index is -0.370. The minimum absolute atomic E-state index is 0.370. The van der Waals surface area contributed by atoms with Crippen LogP contribution < -0.4 is 0 Å². The van der Waals surface area contributed by atoms with Crippen molar-refractivity contribution in [2.24, 2.45) is 0 Å². The zero-order valence-electron chi connectivity index (χ0n) is 10.1. The summed E-state index contributed by atoms with van der Waals surface area (Å²) >= 11 is 0. The Hall–Kier alpha value is -2.36. The number of nitrogens with one attached hydrogen (secondary N) is 1. The predicted molar refractivity (Wildman–Crippen MR) is 69.9 cm³/mol. The van der Waals surface area contributed by atoms with Gasteiger partial charge in [0.15, 0.2) is 0 Å². The van der Waals surface area contributed by atoms with E-state index in [0.29, 0.717) is 6.61 Å². The molecule has 0 aromatic carbocycles. The van der Waals surface area contributed by atoms with E-state index < -0.39 is 0 Å². The number of hydrogen-bond acceptors (Lipinski definition) is 3. The molecular weight excluding hydrogens is 228 g/mol. The third-order valence-electron chi connectivity index (χ3n) is 2.03. The van der Waals surface area contributed by atoms with Crippen LogP contribution in [0.3, 0.4) is 0 Å². The molecule has 0 aliphatic rings. The van der Waals surface area contributed by atoms with Crippen molar-refractivity contribution in [3.63, 3.8) is 0 Å². The quantitative estimate of drug-likeness (QED) is 0.663. The number of aromatic nitrogens is 2. The number of carbonyl (C=O) groups is 1. The van der Waals surface area contributed by atoms with E-state index >= 15 is 0 Å². The number of rotatable bonds is 4. The summed E-state index contributed by atoms with van der Waals surface area (Å²) in [5.74, 6) is -0.370. The Kier molecular flexibility index (Phi) is 6.66. The van der Waals surface area contributed by atoms with Crippen LogP contribution in [0.15, 0.2) is 61.7 Å². The number of H-pyrrole nitrogens is 1. The second-order valence-corrected chi connectivity index (χ2v) is 3.37. The Bertz CT molecular complexity index is 411. The van der Waals surface area contributed by atoms with Crippen LogP contribution in [0.1, 0.15) is 5.56 Å². The highest BCUT2D eigenvalue weighted by molar-refractivity contribution is 5.81. The van der Waals surface area contributed by atoms with Crippen LogP contribution in [0.4, 0.5) is 0 Å². The summed E-state index contributed by atoms with van der Waals surface area (Å²) in [4.78, 5) is 17.3. The molecule has 2 heterocycles. The number of nitrogens with zero attached hydrogens (tertiary/aromatic N) is 1. The predicted octanol–water partition coefficient (Wildman–Crippen LogP) is 2.37. The molecule has 18 heavy (non-hydrogen) atoms. The minimum Gasteiger partial charge on any atom is -0.462 e. The Morgan fingerprint density at radius 2 is 2.17 bits per heavy atom. The lowest BCUT2D eigenvalue weighted by atomic mass is 10.2. The van der Waals surface area contributed by atoms with Gasteiger partial charge in [0.05, 0.1) is 6.61 Å². The van der Waals surface area contributed by atoms with Gasteiger partial charge in [-0.1, -0.05) is 12.6 Å². The van der Waals surface area contributed by atoms with Crippen molar-refractivity contribution < 1.29 is 9.53 Å². The lowest BCUT2D eigenvalue weighted by Gasteiger charge is -1.98. The SMILES string of the molecule is C=CC(=O)OCCc1cc[nH]c1.c1ccncc1. The van der Waals surface area contributed by atoms with E-state index in [1.807, 2.05) is 36.7 Å². The first-order valence-electron chi connectivity index (χ1n) is 5.59. The van der Waals surface area contributed by atoms with E-state index in [-0.39, 0.29) is 5.97 Å². The van der Waals surface area contributed by atoms with Gasteiger partial charge in [-0.05, 0) is 23.8 Å². The average Bonchev–Trinajstić information content (AvgIpc) is 2.94. The van der Waals surface area contributed by atoms with Crippen molar-refractivity contribution in [3.8, 4) is 0 Å². The summed E-state index contributed by atoms with van der Waals surface area (Å²) in [6.45, 7) is 3.70. The molecule has 4 heteroatoms. The summed E-state index contributed by atoms with van der Waals surface area (Å²) in [5, 5.41) is 0. The van der Waals surface area contributed by atoms with Gasteiger partial charge in [-0.25, -0.2) is 4.79 Å². The number of esters is 1. The van der Waals surface area contributed by atoms with E-state index in [1.165, 1.54) is 0 Å². The van der Waals surface area contributed by atoms with Crippen molar-refractivity contribution in [1.29, 1.82) is 0 Å². The number of hydrogen-bond donors (Lipinski definition) is 1. The van der Waals surface area contributed by atoms with E-state index in [4.69, 9.17) is 4.74 Å². The maximum Gasteiger partial charge on any atom is 0.330 e. The molecule has 0 fully saturated rings. The van der Waals surface area contributed by atoms with Gasteiger partial charge in [0, 0.05) is 37.3 Å². The van der Waals surface area contributed by atoms with E-state index in [2.05, 4.69) is 16.5 Å². The molecule has 0 amide bonds. The second kappa shape index (κ2) is 8.75. The summed E-state index contributed by atoms with van der Waals surface area (Å²) in [6.07, 6.45) is 9.12. The molecule has 94 valence electrons. The Balaban J connectivity index is 0.000000225. The molecule has 0 unspecified atom stereocenters. The maximum absolute atomic E-state index is 10.6. The highest BCUT2D eigenvalue weighted by Gasteiger charge is 1.96. The maximum atomic E-state index is 10.6. The van der Waals surface area contributed by atoms with Gasteiger partial charge in [0.25, 0.3) is 0 Å². The number of carbonyl (C=O) groups excluding carboxylic acids is 1. The monoisotopic (exact) mass is 244 g/mol. The third kappa shape index (κ3) is 6.27. The topological polar surface area (TPSA) is 55.0 Å². The van der Waals surface area contributed by atoms with Crippen molar-refractivity contribution >= 4 is 5.97 Å². The fourth-order valence-electron chi connectivity index (χ4n) is 1.15. The summed E-state index contributed by atoms with van der Waals surface area (Å²) < 4.78 is 4.79. The van der Waals surface area contributed by atoms with Gasteiger partial charge in [-0.2, -0.15) is 0 Å². The number of ether oxygens (including phenoxy) is 1. The summed E-state index contributed by atoms with van der Waals surface area (Å²) in [5.41, 5.74) is 1.13. The lowest BCUT2D eigenvalue weighted by Crippen LogP contribution is -2.03. The van der Waals surface area contributed by atoms with Crippen molar-refractivity contribution in [3.05, 3.63) is 67.3 Å². The molecule has 2 rings (SSSR count). The highest BCUT2D eigenvalue weighted by Crippen LogP contribution is 1.97. The Morgan fingerprint density at radius 1 is 1.39 bits per heavy atom. The first-order valence-corrected chi connectivity index (χ1v) is 5.59. The first-order chi connectivity index (χ1) is 8.83. The molecular formula is C14H16N2O2. The van der Waals surface area contributed by atoms with Crippen LogP contribution in [0.5, 0.6) is 0 Å². The second-order valence-electron chi connectivity index (χ2n) is 3.37. The van der Waals surface area contributed by atoms with Crippen molar-refractivity contribution in [2.75, 3.05) is 6.61 Å². The Labute approximate surface area is 106 Å². The van der Waals surface area contributed by atoms with E-state index in [1.54, 1.807) is 12.4 Å². The zero-order valence-corrected chi connectivity index (χ0v) is 10.1. The number of aromatic amines is 1. The molecule has 0 radical (unpaired) electrons. The molecule has 0 spiro atoms. The summed E-state index contributed by atoms with van der Waals surface area (Å²) in [6, 6.07) is 7.66. The molecule has 0 aliphatic heterocycles. The van der Waals surface area contributed by atoms with Gasteiger partial charge in [-0.3, -0.25) is 4.98 Å². The normalized spacial score (nSPS) is 8.89. The standard InChI is InChI=1S/C9H11NO2.C5H5N/c1-2-9(11)12-6-4-8-3-5-10-7-8;1-2-4-6-5-3-1/h2-3,5,7,10H,1,4,6H2;1-5H. The van der Waals surface area contributed by atoms with Gasteiger partial charge >= 0.3 is 5.97 Å². The van der Waals surface area contributed by atoms with Crippen LogP contribution in [-0.2, 0) is 16.0 Å².